The Kier molecular flexibility index (Phi) is 5.92. The fourth-order valence-electron chi connectivity index (χ4n) is 2.88. The van der Waals surface area contributed by atoms with Gasteiger partial charge in [-0.15, -0.1) is 0 Å². The average Bonchev–Trinajstić information content (AvgIpc) is 3.07. The van der Waals surface area contributed by atoms with Gasteiger partial charge in [-0.05, 0) is 25.1 Å². The van der Waals surface area contributed by atoms with Crippen molar-refractivity contribution in [3.05, 3.63) is 24.0 Å². The van der Waals surface area contributed by atoms with Crippen LogP contribution in [0.3, 0.4) is 0 Å². The van der Waals surface area contributed by atoms with E-state index in [1.165, 1.54) is 22.3 Å². The van der Waals surface area contributed by atoms with Gasteiger partial charge in [0.25, 0.3) is 0 Å². The maximum atomic E-state index is 14.6. The highest BCUT2D eigenvalue weighted by Gasteiger charge is 2.33. The molecule has 0 saturated carbocycles. The molecule has 1 atom stereocenters. The van der Waals surface area contributed by atoms with E-state index < -0.39 is 18.0 Å². The lowest BCUT2D eigenvalue weighted by Gasteiger charge is -2.27. The third kappa shape index (κ3) is 4.30. The van der Waals surface area contributed by atoms with Crippen molar-refractivity contribution >= 4 is 36.2 Å². The van der Waals surface area contributed by atoms with Crippen LogP contribution in [0.5, 0.6) is 0 Å². The van der Waals surface area contributed by atoms with Gasteiger partial charge in [-0.3, -0.25) is 9.69 Å². The molecule has 1 aromatic carbocycles. The summed E-state index contributed by atoms with van der Waals surface area (Å²) in [6, 6.07) is 4.06. The lowest BCUT2D eigenvalue weighted by Crippen LogP contribution is -2.40. The van der Waals surface area contributed by atoms with E-state index in [1.807, 2.05) is 0 Å². The molecule has 1 aromatic rings. The molecule has 2 N–H and O–H groups in total. The highest BCUT2D eigenvalue weighted by Crippen LogP contribution is 2.28. The quantitative estimate of drug-likeness (QED) is 0.693. The minimum absolute atomic E-state index is 0.159. The van der Waals surface area contributed by atoms with Gasteiger partial charge in [0.05, 0.1) is 31.0 Å². The maximum Gasteiger partial charge on any atom is 0.414 e. The van der Waals surface area contributed by atoms with E-state index in [0.717, 1.165) is 0 Å². The van der Waals surface area contributed by atoms with E-state index in [9.17, 15) is 18.8 Å². The zero-order valence-electron chi connectivity index (χ0n) is 15.3. The monoisotopic (exact) mass is 392 g/mol. The number of nitrogens with one attached hydrogen (secondary N) is 2. The van der Waals surface area contributed by atoms with E-state index in [1.54, 1.807) is 24.0 Å². The van der Waals surface area contributed by atoms with Crippen LogP contribution < -0.4 is 20.4 Å². The molecular weight excluding hydrogens is 371 g/mol. The van der Waals surface area contributed by atoms with Crippen LogP contribution >= 0.6 is 0 Å². The third-order valence-corrected chi connectivity index (χ3v) is 4.29. The van der Waals surface area contributed by atoms with Gasteiger partial charge in [0.1, 0.15) is 18.3 Å². The normalized spacial score (nSPS) is 18.9. The SMILES string of the molecule is CCNC(=O)NCC1CN(c2ccc(N3C=NN(C=O)CC3)c(F)c2)C(=O)O1. The Morgan fingerprint density at radius 3 is 2.86 bits per heavy atom. The van der Waals surface area contributed by atoms with E-state index in [-0.39, 0.29) is 19.1 Å². The number of amides is 4. The number of hydrazone groups is 1. The Labute approximate surface area is 160 Å². The Morgan fingerprint density at radius 1 is 1.39 bits per heavy atom. The second-order valence-corrected chi connectivity index (χ2v) is 6.19. The second-order valence-electron chi connectivity index (χ2n) is 6.19. The van der Waals surface area contributed by atoms with E-state index >= 15 is 0 Å². The first kappa shape index (κ1) is 19.4. The highest BCUT2D eigenvalue weighted by atomic mass is 19.1. The molecule has 0 radical (unpaired) electrons. The number of urea groups is 1. The molecule has 1 saturated heterocycles. The first-order valence-electron chi connectivity index (χ1n) is 8.84. The van der Waals surface area contributed by atoms with Gasteiger partial charge < -0.3 is 20.3 Å². The van der Waals surface area contributed by atoms with E-state index in [2.05, 4.69) is 15.7 Å². The summed E-state index contributed by atoms with van der Waals surface area (Å²) in [6.07, 6.45) is 0.851. The molecule has 0 aromatic heterocycles. The molecular formula is C17H21FN6O4. The van der Waals surface area contributed by atoms with Crippen LogP contribution in [0.15, 0.2) is 23.3 Å². The Bertz CT molecular complexity index is 789. The molecule has 1 unspecified atom stereocenters. The van der Waals surface area contributed by atoms with Crippen molar-refractivity contribution in [2.24, 2.45) is 5.10 Å². The molecule has 150 valence electrons. The van der Waals surface area contributed by atoms with Crippen molar-refractivity contribution in [1.82, 2.24) is 15.6 Å². The van der Waals surface area contributed by atoms with Crippen LogP contribution in [0.1, 0.15) is 6.92 Å². The van der Waals surface area contributed by atoms with E-state index in [0.29, 0.717) is 37.4 Å². The van der Waals surface area contributed by atoms with Gasteiger partial charge in [0.15, 0.2) is 0 Å². The van der Waals surface area contributed by atoms with Crippen molar-refractivity contribution in [1.29, 1.82) is 0 Å². The van der Waals surface area contributed by atoms with Gasteiger partial charge >= 0.3 is 12.1 Å². The summed E-state index contributed by atoms with van der Waals surface area (Å²) in [7, 11) is 0. The zero-order valence-corrected chi connectivity index (χ0v) is 15.3. The Morgan fingerprint density at radius 2 is 2.21 bits per heavy atom. The Balaban J connectivity index is 1.64. The fourth-order valence-corrected chi connectivity index (χ4v) is 2.88. The summed E-state index contributed by atoms with van der Waals surface area (Å²) in [5.41, 5.74) is 0.648. The number of hydrogen-bond acceptors (Lipinski definition) is 6. The Hall–Kier alpha value is -3.37. The van der Waals surface area contributed by atoms with Gasteiger partial charge in [-0.2, -0.15) is 5.10 Å². The lowest BCUT2D eigenvalue weighted by molar-refractivity contribution is -0.118. The lowest BCUT2D eigenvalue weighted by atomic mass is 10.2. The van der Waals surface area contributed by atoms with Gasteiger partial charge in [0, 0.05) is 13.1 Å². The molecule has 2 aliphatic rings. The summed E-state index contributed by atoms with van der Waals surface area (Å²) in [5, 5.41) is 10.3. The number of carbonyl (C=O) groups excluding carboxylic acids is 3. The number of cyclic esters (lactones) is 1. The molecule has 2 aliphatic heterocycles. The third-order valence-electron chi connectivity index (χ3n) is 4.29. The van der Waals surface area contributed by atoms with Gasteiger partial charge in [-0.1, -0.05) is 0 Å². The van der Waals surface area contributed by atoms with Crippen LogP contribution in [0.2, 0.25) is 0 Å². The molecule has 1 fully saturated rings. The summed E-state index contributed by atoms with van der Waals surface area (Å²) < 4.78 is 19.8. The van der Waals surface area contributed by atoms with Crippen LogP contribution in [-0.4, -0.2) is 68.7 Å². The summed E-state index contributed by atoms with van der Waals surface area (Å²) >= 11 is 0. The predicted molar refractivity (Wildman–Crippen MR) is 99.7 cm³/mol. The van der Waals surface area contributed by atoms with Gasteiger partial charge in [-0.25, -0.2) is 19.0 Å². The second kappa shape index (κ2) is 8.55. The van der Waals surface area contributed by atoms with Crippen molar-refractivity contribution in [3.63, 3.8) is 0 Å². The zero-order chi connectivity index (χ0) is 20.1. The molecule has 3 rings (SSSR count). The minimum Gasteiger partial charge on any atom is -0.442 e. The summed E-state index contributed by atoms with van der Waals surface area (Å²) in [6.45, 7) is 3.39. The number of rotatable bonds is 6. The number of hydrogen-bond donors (Lipinski definition) is 2. The number of benzene rings is 1. The molecule has 0 bridgehead atoms. The topological polar surface area (TPSA) is 107 Å². The van der Waals surface area contributed by atoms with E-state index in [4.69, 9.17) is 4.74 Å². The number of anilines is 2. The number of halogens is 1. The molecule has 28 heavy (non-hydrogen) atoms. The number of ether oxygens (including phenoxy) is 1. The van der Waals surface area contributed by atoms with Gasteiger partial charge in [0.2, 0.25) is 6.41 Å². The molecule has 10 nitrogen and oxygen atoms in total. The summed E-state index contributed by atoms with van der Waals surface area (Å²) in [4.78, 5) is 37.1. The van der Waals surface area contributed by atoms with Crippen molar-refractivity contribution in [2.45, 2.75) is 13.0 Å². The molecule has 0 aliphatic carbocycles. The maximum absolute atomic E-state index is 14.6. The average molecular weight is 392 g/mol. The number of nitrogens with zero attached hydrogens (tertiary/aromatic N) is 4. The van der Waals surface area contributed by atoms with Crippen molar-refractivity contribution in [3.8, 4) is 0 Å². The van der Waals surface area contributed by atoms with Crippen LogP contribution in [0.25, 0.3) is 0 Å². The van der Waals surface area contributed by atoms with Crippen molar-refractivity contribution in [2.75, 3.05) is 42.5 Å². The standard InChI is InChI=1S/C17H21FN6O4/c1-2-19-16(26)20-8-13-9-24(17(27)28-13)12-3-4-15(14(18)7-12)22-5-6-23(11-25)21-10-22/h3-4,7,10-11,13H,2,5-6,8-9H2,1H3,(H2,19,20,26). The smallest absolute Gasteiger partial charge is 0.414 e. The van der Waals surface area contributed by atoms with Crippen molar-refractivity contribution < 1.29 is 23.5 Å². The fraction of sp³-hybridized carbons (Fsp3) is 0.412. The molecule has 0 spiro atoms. The summed E-state index contributed by atoms with van der Waals surface area (Å²) in [5.74, 6) is -0.528. The molecule has 2 heterocycles. The first-order valence-corrected chi connectivity index (χ1v) is 8.84. The minimum atomic E-state index is -0.601. The van der Waals surface area contributed by atoms with Crippen LogP contribution in [0.4, 0.5) is 25.4 Å². The number of carbonyl (C=O) groups is 3. The van der Waals surface area contributed by atoms with Crippen LogP contribution in [0, 0.1) is 5.82 Å². The predicted octanol–water partition coefficient (Wildman–Crippen LogP) is 0.692. The largest absolute Gasteiger partial charge is 0.442 e. The first-order chi connectivity index (χ1) is 13.5. The highest BCUT2D eigenvalue weighted by molar-refractivity contribution is 5.90. The van der Waals surface area contributed by atoms with Crippen LogP contribution in [-0.2, 0) is 9.53 Å². The molecule has 4 amide bonds. The molecule has 11 heteroatoms.